The standard InChI is InChI=1S/C11H8ClN3OS/c12-10-2-1-3-11(14-10)15-13-6-8-4-5-9(7-16)17-8/h1-7H,(H,14,15). The Balaban J connectivity index is 2.00. The third-order valence-electron chi connectivity index (χ3n) is 1.85. The zero-order valence-corrected chi connectivity index (χ0v) is 10.2. The van der Waals surface area contributed by atoms with Gasteiger partial charge in [-0.3, -0.25) is 10.2 Å². The van der Waals surface area contributed by atoms with Crippen molar-refractivity contribution in [1.82, 2.24) is 4.98 Å². The highest BCUT2D eigenvalue weighted by molar-refractivity contribution is 7.15. The Hall–Kier alpha value is -1.72. The Kier molecular flexibility index (Phi) is 3.85. The second-order valence-corrected chi connectivity index (χ2v) is 4.61. The van der Waals surface area contributed by atoms with Gasteiger partial charge in [0.15, 0.2) is 6.29 Å². The van der Waals surface area contributed by atoms with Gasteiger partial charge in [0.2, 0.25) is 0 Å². The molecule has 1 N–H and O–H groups in total. The molecule has 86 valence electrons. The number of pyridine rings is 1. The molecule has 2 heterocycles. The predicted molar refractivity (Wildman–Crippen MR) is 70.2 cm³/mol. The second kappa shape index (κ2) is 5.56. The zero-order chi connectivity index (χ0) is 12.1. The van der Waals surface area contributed by atoms with Crippen molar-refractivity contribution in [2.24, 2.45) is 5.10 Å². The van der Waals surface area contributed by atoms with Gasteiger partial charge in [0.25, 0.3) is 0 Å². The number of halogens is 1. The lowest BCUT2D eigenvalue weighted by Crippen LogP contribution is -1.92. The normalized spacial score (nSPS) is 10.6. The summed E-state index contributed by atoms with van der Waals surface area (Å²) in [5.74, 6) is 0.570. The van der Waals surface area contributed by atoms with Crippen LogP contribution in [0.5, 0.6) is 0 Å². The van der Waals surface area contributed by atoms with Gasteiger partial charge in [0.05, 0.1) is 11.1 Å². The van der Waals surface area contributed by atoms with Crippen molar-refractivity contribution in [3.05, 3.63) is 45.2 Å². The lowest BCUT2D eigenvalue weighted by atomic mass is 10.4. The molecule has 0 unspecified atom stereocenters. The highest BCUT2D eigenvalue weighted by Crippen LogP contribution is 2.12. The summed E-state index contributed by atoms with van der Waals surface area (Å²) in [4.78, 5) is 16.1. The maximum absolute atomic E-state index is 10.5. The van der Waals surface area contributed by atoms with Crippen LogP contribution in [0.4, 0.5) is 5.82 Å². The third kappa shape index (κ3) is 3.37. The number of nitrogens with zero attached hydrogens (tertiary/aromatic N) is 2. The van der Waals surface area contributed by atoms with Gasteiger partial charge < -0.3 is 0 Å². The molecule has 17 heavy (non-hydrogen) atoms. The molecule has 2 aromatic rings. The quantitative estimate of drug-likeness (QED) is 0.400. The van der Waals surface area contributed by atoms with E-state index < -0.39 is 0 Å². The van der Waals surface area contributed by atoms with Gasteiger partial charge >= 0.3 is 0 Å². The lowest BCUT2D eigenvalue weighted by Gasteiger charge is -1.97. The second-order valence-electron chi connectivity index (χ2n) is 3.07. The summed E-state index contributed by atoms with van der Waals surface area (Å²) in [5.41, 5.74) is 2.75. The highest BCUT2D eigenvalue weighted by Gasteiger charge is 1.96. The first-order valence-corrected chi connectivity index (χ1v) is 5.94. The van der Waals surface area contributed by atoms with Crippen molar-refractivity contribution < 1.29 is 4.79 Å². The number of rotatable bonds is 4. The molecular formula is C11H8ClN3OS. The van der Waals surface area contributed by atoms with E-state index in [9.17, 15) is 4.79 Å². The van der Waals surface area contributed by atoms with Gasteiger partial charge in [-0.15, -0.1) is 11.3 Å². The van der Waals surface area contributed by atoms with Crippen LogP contribution in [-0.4, -0.2) is 17.5 Å². The van der Waals surface area contributed by atoms with Crippen molar-refractivity contribution in [2.75, 3.05) is 5.43 Å². The van der Waals surface area contributed by atoms with E-state index in [-0.39, 0.29) is 0 Å². The molecule has 6 heteroatoms. The summed E-state index contributed by atoms with van der Waals surface area (Å²) in [6.07, 6.45) is 2.44. The number of nitrogens with one attached hydrogen (secondary N) is 1. The van der Waals surface area contributed by atoms with Crippen LogP contribution in [0.1, 0.15) is 14.5 Å². The number of thiophene rings is 1. The molecule has 0 spiro atoms. The summed E-state index contributed by atoms with van der Waals surface area (Å²) in [7, 11) is 0. The number of hydrogen-bond acceptors (Lipinski definition) is 5. The summed E-state index contributed by atoms with van der Waals surface area (Å²) in [6, 6.07) is 8.80. The van der Waals surface area contributed by atoms with Crippen LogP contribution in [-0.2, 0) is 0 Å². The number of hydrogen-bond donors (Lipinski definition) is 1. The minimum atomic E-state index is 0.407. The Labute approximate surface area is 107 Å². The topological polar surface area (TPSA) is 54.4 Å². The first kappa shape index (κ1) is 11.8. The van der Waals surface area contributed by atoms with Crippen LogP contribution in [0, 0.1) is 0 Å². The number of carbonyl (C=O) groups excluding carboxylic acids is 1. The molecule has 2 rings (SSSR count). The van der Waals surface area contributed by atoms with Crippen molar-refractivity contribution in [3.8, 4) is 0 Å². The van der Waals surface area contributed by atoms with E-state index in [4.69, 9.17) is 11.6 Å². The average Bonchev–Trinajstić information content (AvgIpc) is 2.77. The van der Waals surface area contributed by atoms with Crippen LogP contribution >= 0.6 is 22.9 Å². The molecule has 0 atom stereocenters. The third-order valence-corrected chi connectivity index (χ3v) is 3.01. The molecule has 2 aromatic heterocycles. The number of carbonyl (C=O) groups is 1. The average molecular weight is 266 g/mol. The Bertz CT molecular complexity index is 553. The zero-order valence-electron chi connectivity index (χ0n) is 8.63. The fourth-order valence-electron chi connectivity index (χ4n) is 1.13. The maximum atomic E-state index is 10.5. The number of anilines is 1. The lowest BCUT2D eigenvalue weighted by molar-refractivity contribution is 0.112. The van der Waals surface area contributed by atoms with Crippen LogP contribution in [0.2, 0.25) is 5.15 Å². The van der Waals surface area contributed by atoms with Crippen LogP contribution in [0.15, 0.2) is 35.4 Å². The van der Waals surface area contributed by atoms with Gasteiger partial charge in [-0.2, -0.15) is 5.10 Å². The van der Waals surface area contributed by atoms with Gasteiger partial charge in [-0.1, -0.05) is 17.7 Å². The van der Waals surface area contributed by atoms with Gasteiger partial charge in [0, 0.05) is 4.88 Å². The largest absolute Gasteiger partial charge is 0.297 e. The van der Waals surface area contributed by atoms with E-state index >= 15 is 0 Å². The molecule has 0 saturated heterocycles. The van der Waals surface area contributed by atoms with E-state index in [1.165, 1.54) is 11.3 Å². The minimum Gasteiger partial charge on any atom is -0.297 e. The molecule has 0 fully saturated rings. The van der Waals surface area contributed by atoms with Crippen molar-refractivity contribution in [3.63, 3.8) is 0 Å². The molecular weight excluding hydrogens is 258 g/mol. The van der Waals surface area contributed by atoms with Crippen LogP contribution in [0.3, 0.4) is 0 Å². The highest BCUT2D eigenvalue weighted by atomic mass is 35.5. The number of aldehydes is 1. The van der Waals surface area contributed by atoms with Crippen LogP contribution < -0.4 is 5.43 Å². The molecule has 0 aliphatic rings. The summed E-state index contributed by atoms with van der Waals surface area (Å²) >= 11 is 7.09. The monoisotopic (exact) mass is 265 g/mol. The van der Waals surface area contributed by atoms with Crippen molar-refractivity contribution in [2.45, 2.75) is 0 Å². The summed E-state index contributed by atoms with van der Waals surface area (Å²) in [6.45, 7) is 0. The van der Waals surface area contributed by atoms with Crippen LogP contribution in [0.25, 0.3) is 0 Å². The predicted octanol–water partition coefficient (Wildman–Crippen LogP) is 3.06. The Morgan fingerprint density at radius 3 is 2.82 bits per heavy atom. The molecule has 0 radical (unpaired) electrons. The fourth-order valence-corrected chi connectivity index (χ4v) is 2.00. The molecule has 0 aliphatic heterocycles. The fraction of sp³-hybridized carbons (Fsp3) is 0. The summed E-state index contributed by atoms with van der Waals surface area (Å²) in [5, 5.41) is 4.41. The molecule has 0 amide bonds. The SMILES string of the molecule is O=Cc1ccc(C=NNc2cccc(Cl)n2)s1. The Morgan fingerprint density at radius 1 is 1.29 bits per heavy atom. The smallest absolute Gasteiger partial charge is 0.160 e. The van der Waals surface area contributed by atoms with Gasteiger partial charge in [0.1, 0.15) is 11.0 Å². The Morgan fingerprint density at radius 2 is 2.12 bits per heavy atom. The minimum absolute atomic E-state index is 0.407. The van der Waals surface area contributed by atoms with E-state index in [0.717, 1.165) is 11.2 Å². The van der Waals surface area contributed by atoms with Gasteiger partial charge in [-0.25, -0.2) is 4.98 Å². The van der Waals surface area contributed by atoms with E-state index in [1.807, 2.05) is 6.07 Å². The first-order valence-electron chi connectivity index (χ1n) is 4.74. The van der Waals surface area contributed by atoms with E-state index in [0.29, 0.717) is 15.8 Å². The van der Waals surface area contributed by atoms with Crippen molar-refractivity contribution in [1.29, 1.82) is 0 Å². The number of aromatic nitrogens is 1. The first-order chi connectivity index (χ1) is 8.28. The van der Waals surface area contributed by atoms with Gasteiger partial charge in [-0.05, 0) is 24.3 Å². The van der Waals surface area contributed by atoms with E-state index in [1.54, 1.807) is 30.5 Å². The summed E-state index contributed by atoms with van der Waals surface area (Å²) < 4.78 is 0. The van der Waals surface area contributed by atoms with Crippen molar-refractivity contribution >= 4 is 41.3 Å². The molecule has 4 nitrogen and oxygen atoms in total. The molecule has 0 aromatic carbocycles. The number of hydrazone groups is 1. The molecule has 0 saturated carbocycles. The maximum Gasteiger partial charge on any atom is 0.160 e. The molecule has 0 bridgehead atoms. The molecule has 0 aliphatic carbocycles. The van der Waals surface area contributed by atoms with E-state index in [2.05, 4.69) is 15.5 Å².